The van der Waals surface area contributed by atoms with E-state index in [0.29, 0.717) is 12.2 Å². The molecule has 198 valence electrons. The van der Waals surface area contributed by atoms with Gasteiger partial charge in [-0.1, -0.05) is 38.8 Å². The van der Waals surface area contributed by atoms with Crippen LogP contribution in [-0.2, 0) is 0 Å². The average molecular weight is 505 g/mol. The molecule has 1 aliphatic rings. The van der Waals surface area contributed by atoms with E-state index < -0.39 is 0 Å². The number of hydrogen-bond donors (Lipinski definition) is 1. The Morgan fingerprint density at radius 1 is 0.865 bits per heavy atom. The molecule has 0 unspecified atom stereocenters. The fourth-order valence-corrected chi connectivity index (χ4v) is 5.09. The van der Waals surface area contributed by atoms with Gasteiger partial charge in [-0.25, -0.2) is 0 Å². The smallest absolute Gasteiger partial charge is 0.273 e. The number of carbonyl (C=O) groups excluding carboxylic acids is 1. The third-order valence-electron chi connectivity index (χ3n) is 7.19. The fraction of sp³-hybridized carbons (Fsp3) is 0.467. The lowest BCUT2D eigenvalue weighted by molar-refractivity contribution is 0.0734. The van der Waals surface area contributed by atoms with E-state index in [0.717, 1.165) is 59.9 Å². The SMILES string of the molecule is CCCCN(CCCC)CCCN1C(=O)c2[nH]nc(-c3ccc(OC)cc3)c2[C@@H]1c1ccc(OC)cc1. The Morgan fingerprint density at radius 2 is 1.43 bits per heavy atom. The lowest BCUT2D eigenvalue weighted by atomic mass is 9.96. The first kappa shape index (κ1) is 26.7. The van der Waals surface area contributed by atoms with Crippen LogP contribution >= 0.6 is 0 Å². The summed E-state index contributed by atoms with van der Waals surface area (Å²) in [6, 6.07) is 15.7. The highest BCUT2D eigenvalue weighted by molar-refractivity contribution is 6.00. The largest absolute Gasteiger partial charge is 0.497 e. The van der Waals surface area contributed by atoms with Gasteiger partial charge >= 0.3 is 0 Å². The molecule has 7 nitrogen and oxygen atoms in total. The van der Waals surface area contributed by atoms with E-state index in [4.69, 9.17) is 9.47 Å². The number of methoxy groups -OCH3 is 2. The molecule has 1 aliphatic heterocycles. The molecule has 2 heterocycles. The number of unbranched alkanes of at least 4 members (excludes halogenated alkanes) is 2. The van der Waals surface area contributed by atoms with Crippen LogP contribution in [0.3, 0.4) is 0 Å². The molecule has 0 fully saturated rings. The topological polar surface area (TPSA) is 70.7 Å². The Labute approximate surface area is 220 Å². The predicted molar refractivity (Wildman–Crippen MR) is 147 cm³/mol. The van der Waals surface area contributed by atoms with Gasteiger partial charge in [-0.15, -0.1) is 0 Å². The molecule has 7 heteroatoms. The molecule has 4 rings (SSSR count). The van der Waals surface area contributed by atoms with Gasteiger partial charge in [-0.3, -0.25) is 9.89 Å². The molecule has 0 saturated carbocycles. The molecular weight excluding hydrogens is 464 g/mol. The highest BCUT2D eigenvalue weighted by Gasteiger charge is 2.41. The maximum atomic E-state index is 13.7. The predicted octanol–water partition coefficient (Wildman–Crippen LogP) is 5.93. The monoisotopic (exact) mass is 504 g/mol. The third-order valence-corrected chi connectivity index (χ3v) is 7.19. The van der Waals surface area contributed by atoms with E-state index in [9.17, 15) is 4.79 Å². The first-order chi connectivity index (χ1) is 18.1. The van der Waals surface area contributed by atoms with Crippen molar-refractivity contribution in [1.29, 1.82) is 0 Å². The summed E-state index contributed by atoms with van der Waals surface area (Å²) in [5.74, 6) is 1.60. The van der Waals surface area contributed by atoms with Crippen molar-refractivity contribution in [2.24, 2.45) is 0 Å². The van der Waals surface area contributed by atoms with Crippen LogP contribution < -0.4 is 9.47 Å². The zero-order chi connectivity index (χ0) is 26.2. The van der Waals surface area contributed by atoms with Crippen molar-refractivity contribution >= 4 is 5.91 Å². The second kappa shape index (κ2) is 12.8. The molecule has 1 aromatic heterocycles. The summed E-state index contributed by atoms with van der Waals surface area (Å²) in [7, 11) is 3.32. The van der Waals surface area contributed by atoms with Crippen molar-refractivity contribution in [3.8, 4) is 22.8 Å². The molecule has 0 radical (unpaired) electrons. The van der Waals surface area contributed by atoms with Crippen molar-refractivity contribution in [3.05, 3.63) is 65.4 Å². The summed E-state index contributed by atoms with van der Waals surface area (Å²) in [4.78, 5) is 18.2. The number of carbonyl (C=O) groups is 1. The Kier molecular flexibility index (Phi) is 9.23. The van der Waals surface area contributed by atoms with Crippen LogP contribution in [0.15, 0.2) is 48.5 Å². The molecule has 3 aromatic rings. The normalized spacial score (nSPS) is 14.9. The number of ether oxygens (including phenoxy) is 2. The van der Waals surface area contributed by atoms with Gasteiger partial charge in [0.2, 0.25) is 0 Å². The maximum absolute atomic E-state index is 13.7. The first-order valence-electron chi connectivity index (χ1n) is 13.5. The number of fused-ring (bicyclic) bond motifs is 1. The van der Waals surface area contributed by atoms with Crippen molar-refractivity contribution in [2.45, 2.75) is 52.0 Å². The Bertz CT molecular complexity index is 1130. The van der Waals surface area contributed by atoms with Gasteiger partial charge in [-0.05, 0) is 80.9 Å². The highest BCUT2D eigenvalue weighted by Crippen LogP contribution is 2.43. The quantitative estimate of drug-likeness (QED) is 0.295. The Balaban J connectivity index is 1.62. The molecule has 1 atom stereocenters. The minimum absolute atomic E-state index is 0.0109. The lowest BCUT2D eigenvalue weighted by Gasteiger charge is -2.28. The molecule has 0 bridgehead atoms. The molecule has 2 aromatic carbocycles. The van der Waals surface area contributed by atoms with Crippen LogP contribution in [0.4, 0.5) is 0 Å². The summed E-state index contributed by atoms with van der Waals surface area (Å²) in [5.41, 5.74) is 4.34. The van der Waals surface area contributed by atoms with E-state index >= 15 is 0 Å². The number of benzene rings is 2. The van der Waals surface area contributed by atoms with Crippen LogP contribution in [0, 0.1) is 0 Å². The molecule has 1 N–H and O–H groups in total. The fourth-order valence-electron chi connectivity index (χ4n) is 5.09. The zero-order valence-electron chi connectivity index (χ0n) is 22.6. The second-order valence-corrected chi connectivity index (χ2v) is 9.67. The van der Waals surface area contributed by atoms with Gasteiger partial charge in [0.15, 0.2) is 0 Å². The van der Waals surface area contributed by atoms with Gasteiger partial charge < -0.3 is 19.3 Å². The molecule has 37 heavy (non-hydrogen) atoms. The van der Waals surface area contributed by atoms with E-state index in [1.54, 1.807) is 14.2 Å². The summed E-state index contributed by atoms with van der Waals surface area (Å²) in [6.45, 7) is 8.41. The van der Waals surface area contributed by atoms with Crippen LogP contribution in [0.1, 0.15) is 73.6 Å². The van der Waals surface area contributed by atoms with Gasteiger partial charge in [0.25, 0.3) is 5.91 Å². The maximum Gasteiger partial charge on any atom is 0.273 e. The summed E-state index contributed by atoms with van der Waals surface area (Å²) >= 11 is 0. The number of rotatable bonds is 14. The van der Waals surface area contributed by atoms with Gasteiger partial charge in [0, 0.05) is 17.7 Å². The molecule has 0 aliphatic carbocycles. The average Bonchev–Trinajstić information content (AvgIpc) is 3.48. The molecule has 1 amide bonds. The minimum Gasteiger partial charge on any atom is -0.497 e. The van der Waals surface area contributed by atoms with E-state index in [-0.39, 0.29) is 11.9 Å². The van der Waals surface area contributed by atoms with Crippen LogP contribution in [0.2, 0.25) is 0 Å². The number of nitrogens with one attached hydrogen (secondary N) is 1. The summed E-state index contributed by atoms with van der Waals surface area (Å²) in [6.07, 6.45) is 5.75. The first-order valence-corrected chi connectivity index (χ1v) is 13.5. The Morgan fingerprint density at radius 3 is 2.00 bits per heavy atom. The standard InChI is InChI=1S/C30H40N4O3/c1-5-7-18-33(19-8-6-2)20-9-21-34-29(23-12-16-25(37-4)17-13-23)26-27(31-32-28(26)30(34)35)22-10-14-24(36-3)15-11-22/h10-17,29H,5-9,18-21H2,1-4H3,(H,31,32)/t29-/m0/s1. The van der Waals surface area contributed by atoms with Crippen LogP contribution in [-0.4, -0.2) is 66.3 Å². The number of nitrogens with zero attached hydrogens (tertiary/aromatic N) is 3. The molecule has 0 saturated heterocycles. The second-order valence-electron chi connectivity index (χ2n) is 9.67. The molecule has 0 spiro atoms. The number of H-pyrrole nitrogens is 1. The van der Waals surface area contributed by atoms with E-state index in [2.05, 4.69) is 41.1 Å². The lowest BCUT2D eigenvalue weighted by Crippen LogP contribution is -2.34. The number of aromatic amines is 1. The van der Waals surface area contributed by atoms with Crippen molar-refractivity contribution in [2.75, 3.05) is 40.4 Å². The minimum atomic E-state index is -0.205. The number of hydrogen-bond acceptors (Lipinski definition) is 5. The van der Waals surface area contributed by atoms with Crippen molar-refractivity contribution in [1.82, 2.24) is 20.0 Å². The van der Waals surface area contributed by atoms with E-state index in [1.807, 2.05) is 41.3 Å². The summed E-state index contributed by atoms with van der Waals surface area (Å²) < 4.78 is 10.7. The van der Waals surface area contributed by atoms with Crippen molar-refractivity contribution in [3.63, 3.8) is 0 Å². The number of amides is 1. The summed E-state index contributed by atoms with van der Waals surface area (Å²) in [5, 5.41) is 7.65. The number of aromatic nitrogens is 2. The van der Waals surface area contributed by atoms with Crippen LogP contribution in [0.25, 0.3) is 11.3 Å². The van der Waals surface area contributed by atoms with Gasteiger partial charge in [0.05, 0.1) is 26.0 Å². The van der Waals surface area contributed by atoms with Gasteiger partial charge in [0.1, 0.15) is 17.2 Å². The molecular formula is C30H40N4O3. The van der Waals surface area contributed by atoms with Gasteiger partial charge in [-0.2, -0.15) is 5.10 Å². The third kappa shape index (κ3) is 5.99. The van der Waals surface area contributed by atoms with E-state index in [1.165, 1.54) is 25.7 Å². The van der Waals surface area contributed by atoms with Crippen LogP contribution in [0.5, 0.6) is 11.5 Å². The zero-order valence-corrected chi connectivity index (χ0v) is 22.6. The highest BCUT2D eigenvalue weighted by atomic mass is 16.5. The van der Waals surface area contributed by atoms with Crippen molar-refractivity contribution < 1.29 is 14.3 Å². The Hall–Kier alpha value is -3.32.